The van der Waals surface area contributed by atoms with E-state index < -0.39 is 0 Å². The van der Waals surface area contributed by atoms with Gasteiger partial charge in [-0.05, 0) is 83.3 Å². The quantitative estimate of drug-likeness (QED) is 0.266. The predicted octanol–water partition coefficient (Wildman–Crippen LogP) is 7.72. The Morgan fingerprint density at radius 1 is 0.871 bits per heavy atom. The fourth-order valence-electron chi connectivity index (χ4n) is 3.03. The minimum Gasteiger partial charge on any atom is -0.490 e. The van der Waals surface area contributed by atoms with E-state index in [1.165, 1.54) is 5.56 Å². The predicted molar refractivity (Wildman–Crippen MR) is 133 cm³/mol. The third kappa shape index (κ3) is 7.30. The molecule has 164 valence electrons. The van der Waals surface area contributed by atoms with Crippen LogP contribution in [-0.2, 0) is 19.6 Å². The standard InChI is InChI=1S/C24H23BrCl3NO2/c1-2-30-23-12-17(14-29-10-9-16-3-6-19(26)7-4-16)11-21(25)24(23)31-15-18-5-8-20(27)13-22(18)28/h3-8,11-13,29H,2,9-10,14-15H2,1H3. The number of ether oxygens (including phenoxy) is 2. The molecule has 0 saturated heterocycles. The SMILES string of the molecule is CCOc1cc(CNCCc2ccc(Cl)cc2)cc(Br)c1OCc1ccc(Cl)cc1Cl. The monoisotopic (exact) mass is 541 g/mol. The van der Waals surface area contributed by atoms with Crippen molar-refractivity contribution in [2.24, 2.45) is 0 Å². The lowest BCUT2D eigenvalue weighted by molar-refractivity contribution is 0.267. The largest absolute Gasteiger partial charge is 0.490 e. The average Bonchev–Trinajstić information content (AvgIpc) is 2.73. The first-order valence-electron chi connectivity index (χ1n) is 9.93. The van der Waals surface area contributed by atoms with Crippen molar-refractivity contribution in [3.05, 3.63) is 90.8 Å². The molecular weight excluding hydrogens is 521 g/mol. The fourth-order valence-corrected chi connectivity index (χ4v) is 4.22. The van der Waals surface area contributed by atoms with Crippen LogP contribution in [0.2, 0.25) is 15.1 Å². The van der Waals surface area contributed by atoms with Gasteiger partial charge in [-0.25, -0.2) is 0 Å². The summed E-state index contributed by atoms with van der Waals surface area (Å²) in [6, 6.07) is 17.3. The summed E-state index contributed by atoms with van der Waals surface area (Å²) in [5.41, 5.74) is 3.20. The first kappa shape index (κ1) is 24.2. The second-order valence-corrected chi connectivity index (χ2v) is 9.05. The highest BCUT2D eigenvalue weighted by Crippen LogP contribution is 2.38. The molecule has 0 heterocycles. The average molecular weight is 544 g/mol. The van der Waals surface area contributed by atoms with Crippen molar-refractivity contribution < 1.29 is 9.47 Å². The van der Waals surface area contributed by atoms with Crippen LogP contribution in [0, 0.1) is 0 Å². The molecule has 1 N–H and O–H groups in total. The Hall–Kier alpha value is -1.43. The van der Waals surface area contributed by atoms with Crippen LogP contribution in [0.15, 0.2) is 59.1 Å². The third-order valence-electron chi connectivity index (χ3n) is 4.59. The van der Waals surface area contributed by atoms with E-state index in [4.69, 9.17) is 44.3 Å². The summed E-state index contributed by atoms with van der Waals surface area (Å²) >= 11 is 21.8. The van der Waals surface area contributed by atoms with E-state index in [0.29, 0.717) is 34.8 Å². The topological polar surface area (TPSA) is 30.5 Å². The summed E-state index contributed by atoms with van der Waals surface area (Å²) in [7, 11) is 0. The summed E-state index contributed by atoms with van der Waals surface area (Å²) in [5.74, 6) is 1.34. The van der Waals surface area contributed by atoms with Crippen molar-refractivity contribution in [3.8, 4) is 11.5 Å². The minimum absolute atomic E-state index is 0.313. The second-order valence-electron chi connectivity index (χ2n) is 6.92. The molecule has 0 saturated carbocycles. The van der Waals surface area contributed by atoms with Gasteiger partial charge in [0.2, 0.25) is 0 Å². The van der Waals surface area contributed by atoms with Crippen molar-refractivity contribution in [2.75, 3.05) is 13.2 Å². The fraction of sp³-hybridized carbons (Fsp3) is 0.250. The highest BCUT2D eigenvalue weighted by Gasteiger charge is 2.13. The van der Waals surface area contributed by atoms with E-state index in [1.54, 1.807) is 12.1 Å². The molecule has 0 unspecified atom stereocenters. The lowest BCUT2D eigenvalue weighted by Gasteiger charge is -2.16. The van der Waals surface area contributed by atoms with Crippen LogP contribution >= 0.6 is 50.7 Å². The van der Waals surface area contributed by atoms with Crippen molar-refractivity contribution in [2.45, 2.75) is 26.5 Å². The third-order valence-corrected chi connectivity index (χ3v) is 6.02. The summed E-state index contributed by atoms with van der Waals surface area (Å²) in [5, 5.41) is 5.39. The van der Waals surface area contributed by atoms with Gasteiger partial charge in [0.05, 0.1) is 11.1 Å². The van der Waals surface area contributed by atoms with Gasteiger partial charge in [0, 0.05) is 27.2 Å². The molecule has 0 amide bonds. The van der Waals surface area contributed by atoms with Gasteiger partial charge >= 0.3 is 0 Å². The molecule has 0 bridgehead atoms. The molecule has 0 aliphatic heterocycles. The number of hydrogen-bond acceptors (Lipinski definition) is 3. The number of nitrogens with one attached hydrogen (secondary N) is 1. The Bertz CT molecular complexity index is 1010. The first-order chi connectivity index (χ1) is 15.0. The van der Waals surface area contributed by atoms with E-state index in [0.717, 1.165) is 40.1 Å². The maximum atomic E-state index is 6.26. The van der Waals surface area contributed by atoms with Crippen LogP contribution < -0.4 is 14.8 Å². The van der Waals surface area contributed by atoms with Crippen LogP contribution in [0.3, 0.4) is 0 Å². The van der Waals surface area contributed by atoms with Crippen molar-refractivity contribution in [3.63, 3.8) is 0 Å². The maximum absolute atomic E-state index is 6.26. The summed E-state index contributed by atoms with van der Waals surface area (Å²) in [6.07, 6.45) is 0.930. The normalized spacial score (nSPS) is 10.9. The lowest BCUT2D eigenvalue weighted by atomic mass is 10.1. The molecule has 0 spiro atoms. The summed E-state index contributed by atoms with van der Waals surface area (Å²) < 4.78 is 12.7. The Kier molecular flexibility index (Phi) is 9.36. The van der Waals surface area contributed by atoms with Crippen LogP contribution in [0.5, 0.6) is 11.5 Å². The van der Waals surface area contributed by atoms with E-state index in [-0.39, 0.29) is 0 Å². The summed E-state index contributed by atoms with van der Waals surface area (Å²) in [6.45, 7) is 4.38. The van der Waals surface area contributed by atoms with Gasteiger partial charge in [-0.1, -0.05) is 53.0 Å². The van der Waals surface area contributed by atoms with Gasteiger partial charge in [0.1, 0.15) is 6.61 Å². The van der Waals surface area contributed by atoms with Crippen molar-refractivity contribution >= 4 is 50.7 Å². The van der Waals surface area contributed by atoms with Crippen LogP contribution in [0.4, 0.5) is 0 Å². The Morgan fingerprint density at radius 2 is 1.61 bits per heavy atom. The zero-order valence-electron chi connectivity index (χ0n) is 17.1. The molecule has 3 nitrogen and oxygen atoms in total. The molecule has 0 radical (unpaired) electrons. The van der Waals surface area contributed by atoms with Gasteiger partial charge in [-0.2, -0.15) is 0 Å². The van der Waals surface area contributed by atoms with Crippen molar-refractivity contribution in [1.82, 2.24) is 5.32 Å². The maximum Gasteiger partial charge on any atom is 0.175 e. The number of hydrogen-bond donors (Lipinski definition) is 1. The molecule has 0 aromatic heterocycles. The molecule has 0 atom stereocenters. The second kappa shape index (κ2) is 12.0. The van der Waals surface area contributed by atoms with Crippen LogP contribution in [0.1, 0.15) is 23.6 Å². The summed E-state index contributed by atoms with van der Waals surface area (Å²) in [4.78, 5) is 0. The molecule has 3 aromatic rings. The zero-order chi connectivity index (χ0) is 22.2. The Balaban J connectivity index is 1.62. The van der Waals surface area contributed by atoms with Crippen LogP contribution in [0.25, 0.3) is 0 Å². The molecule has 0 fully saturated rings. The van der Waals surface area contributed by atoms with E-state index in [1.807, 2.05) is 49.4 Å². The Morgan fingerprint density at radius 3 is 2.32 bits per heavy atom. The molecule has 31 heavy (non-hydrogen) atoms. The first-order valence-corrected chi connectivity index (χ1v) is 11.9. The van der Waals surface area contributed by atoms with E-state index in [2.05, 4.69) is 21.2 Å². The lowest BCUT2D eigenvalue weighted by Crippen LogP contribution is -2.17. The van der Waals surface area contributed by atoms with Gasteiger partial charge in [0.25, 0.3) is 0 Å². The smallest absolute Gasteiger partial charge is 0.175 e. The number of rotatable bonds is 10. The Labute approximate surface area is 206 Å². The van der Waals surface area contributed by atoms with Gasteiger partial charge in [-0.15, -0.1) is 0 Å². The minimum atomic E-state index is 0.313. The van der Waals surface area contributed by atoms with Gasteiger partial charge in [-0.3, -0.25) is 0 Å². The highest BCUT2D eigenvalue weighted by molar-refractivity contribution is 9.10. The molecule has 0 aliphatic carbocycles. The number of benzene rings is 3. The molecule has 7 heteroatoms. The van der Waals surface area contributed by atoms with Gasteiger partial charge in [0.15, 0.2) is 11.5 Å². The van der Waals surface area contributed by atoms with Crippen molar-refractivity contribution in [1.29, 1.82) is 0 Å². The molecule has 3 aromatic carbocycles. The highest BCUT2D eigenvalue weighted by atomic mass is 79.9. The van der Waals surface area contributed by atoms with E-state index in [9.17, 15) is 0 Å². The number of halogens is 4. The molecule has 0 aliphatic rings. The zero-order valence-corrected chi connectivity index (χ0v) is 20.9. The molecule has 3 rings (SSSR count). The van der Waals surface area contributed by atoms with Crippen LogP contribution in [-0.4, -0.2) is 13.2 Å². The van der Waals surface area contributed by atoms with E-state index >= 15 is 0 Å². The molecular formula is C24H23BrCl3NO2. The van der Waals surface area contributed by atoms with Gasteiger partial charge < -0.3 is 14.8 Å².